The molecule has 0 unspecified atom stereocenters. The highest BCUT2D eigenvalue weighted by Gasteiger charge is 2.10. The van der Waals surface area contributed by atoms with Gasteiger partial charge in [0.15, 0.2) is 5.78 Å². The van der Waals surface area contributed by atoms with Crippen molar-refractivity contribution in [1.82, 2.24) is 4.57 Å². The smallest absolute Gasteiger partial charge is 0.161 e. The van der Waals surface area contributed by atoms with Crippen LogP contribution in [0.25, 0.3) is 10.9 Å². The third-order valence-electron chi connectivity index (χ3n) is 2.86. The third kappa shape index (κ3) is 2.21. The monoisotopic (exact) mass is 226 g/mol. The molecule has 0 saturated carbocycles. The highest BCUT2D eigenvalue weighted by Crippen LogP contribution is 2.22. The van der Waals surface area contributed by atoms with Gasteiger partial charge >= 0.3 is 0 Å². The van der Waals surface area contributed by atoms with Crippen molar-refractivity contribution in [1.29, 1.82) is 5.26 Å². The van der Waals surface area contributed by atoms with Crippen LogP contribution >= 0.6 is 0 Å². The van der Waals surface area contributed by atoms with Crippen LogP contribution in [0.4, 0.5) is 0 Å². The Morgan fingerprint density at radius 1 is 1.41 bits per heavy atom. The summed E-state index contributed by atoms with van der Waals surface area (Å²) in [4.78, 5) is 11.5. The quantitative estimate of drug-likeness (QED) is 0.593. The lowest BCUT2D eigenvalue weighted by atomic mass is 10.1. The minimum atomic E-state index is 0.0835. The van der Waals surface area contributed by atoms with Gasteiger partial charge in [-0.05, 0) is 19.4 Å². The summed E-state index contributed by atoms with van der Waals surface area (Å²) in [5.74, 6) is 0.0835. The number of ketones is 1. The molecule has 0 aliphatic heterocycles. The zero-order valence-corrected chi connectivity index (χ0v) is 9.81. The number of hydrogen-bond donors (Lipinski definition) is 0. The number of unbranched alkanes of at least 4 members (excludes halogenated alkanes) is 1. The first-order chi connectivity index (χ1) is 8.24. The molecule has 0 N–H and O–H groups in total. The Kier molecular flexibility index (Phi) is 3.24. The molecule has 2 rings (SSSR count). The van der Waals surface area contributed by atoms with E-state index in [0.717, 1.165) is 29.4 Å². The molecule has 0 fully saturated rings. The van der Waals surface area contributed by atoms with Crippen molar-refractivity contribution in [3.63, 3.8) is 0 Å². The molecule has 0 bridgehead atoms. The normalized spacial score (nSPS) is 10.4. The molecule has 0 spiro atoms. The second kappa shape index (κ2) is 4.84. The minimum Gasteiger partial charge on any atom is -0.347 e. The van der Waals surface area contributed by atoms with Crippen molar-refractivity contribution >= 4 is 16.7 Å². The minimum absolute atomic E-state index is 0.0835. The van der Waals surface area contributed by atoms with Crippen LogP contribution in [-0.4, -0.2) is 10.4 Å². The van der Waals surface area contributed by atoms with Gasteiger partial charge in [-0.2, -0.15) is 5.26 Å². The number of rotatable bonds is 4. The molecular formula is C14H14N2O. The average molecular weight is 226 g/mol. The number of carbonyl (C=O) groups is 1. The number of nitriles is 1. The summed E-state index contributed by atoms with van der Waals surface area (Å²) in [7, 11) is 0. The van der Waals surface area contributed by atoms with Crippen molar-refractivity contribution in [2.75, 3.05) is 0 Å². The number of carbonyl (C=O) groups excluding carboxylic acids is 1. The third-order valence-corrected chi connectivity index (χ3v) is 2.86. The van der Waals surface area contributed by atoms with E-state index < -0.39 is 0 Å². The van der Waals surface area contributed by atoms with Crippen molar-refractivity contribution in [2.24, 2.45) is 0 Å². The summed E-state index contributed by atoms with van der Waals surface area (Å²) in [6.07, 6.45) is 3.25. The van der Waals surface area contributed by atoms with Crippen LogP contribution < -0.4 is 0 Å². The maximum absolute atomic E-state index is 11.5. The molecule has 0 saturated heterocycles. The fourth-order valence-corrected chi connectivity index (χ4v) is 2.04. The molecule has 86 valence electrons. The van der Waals surface area contributed by atoms with Gasteiger partial charge in [0.05, 0.1) is 6.07 Å². The number of fused-ring (bicyclic) bond motifs is 1. The molecule has 0 amide bonds. The summed E-state index contributed by atoms with van der Waals surface area (Å²) >= 11 is 0. The fraction of sp³-hybridized carbons (Fsp3) is 0.286. The van der Waals surface area contributed by atoms with Gasteiger partial charge in [-0.25, -0.2) is 0 Å². The van der Waals surface area contributed by atoms with Gasteiger partial charge in [0.2, 0.25) is 0 Å². The maximum atomic E-state index is 11.5. The SMILES string of the molecule is CC(=O)c1cn(CCCC#N)c2ccccc12. The first kappa shape index (κ1) is 11.4. The topological polar surface area (TPSA) is 45.8 Å². The van der Waals surface area contributed by atoms with Crippen LogP contribution in [0.15, 0.2) is 30.5 Å². The van der Waals surface area contributed by atoms with Gasteiger partial charge in [-0.3, -0.25) is 4.79 Å². The Morgan fingerprint density at radius 2 is 2.18 bits per heavy atom. The predicted octanol–water partition coefficient (Wildman–Crippen LogP) is 3.15. The van der Waals surface area contributed by atoms with Crippen LogP contribution in [0.2, 0.25) is 0 Å². The standard InChI is InChI=1S/C14H14N2O/c1-11(17)13-10-16(9-5-4-8-15)14-7-3-2-6-12(13)14/h2-3,6-7,10H,4-5,9H2,1H3. The molecular weight excluding hydrogens is 212 g/mol. The summed E-state index contributed by atoms with van der Waals surface area (Å²) in [5, 5.41) is 9.53. The van der Waals surface area contributed by atoms with Crippen LogP contribution in [0, 0.1) is 11.3 Å². The zero-order chi connectivity index (χ0) is 12.3. The number of benzene rings is 1. The molecule has 0 radical (unpaired) electrons. The number of hydrogen-bond acceptors (Lipinski definition) is 2. The summed E-state index contributed by atoms with van der Waals surface area (Å²) < 4.78 is 2.06. The van der Waals surface area contributed by atoms with E-state index in [0.29, 0.717) is 6.42 Å². The Balaban J connectivity index is 2.42. The number of aryl methyl sites for hydroxylation is 1. The van der Waals surface area contributed by atoms with E-state index in [1.165, 1.54) is 0 Å². The van der Waals surface area contributed by atoms with E-state index >= 15 is 0 Å². The molecule has 3 heteroatoms. The molecule has 1 aromatic heterocycles. The van der Waals surface area contributed by atoms with Crippen LogP contribution in [0.3, 0.4) is 0 Å². The lowest BCUT2D eigenvalue weighted by Crippen LogP contribution is -1.95. The van der Waals surface area contributed by atoms with E-state index in [-0.39, 0.29) is 5.78 Å². The van der Waals surface area contributed by atoms with Crippen molar-refractivity contribution in [3.8, 4) is 6.07 Å². The summed E-state index contributed by atoms with van der Waals surface area (Å²) in [6.45, 7) is 2.36. The van der Waals surface area contributed by atoms with Crippen molar-refractivity contribution in [3.05, 3.63) is 36.0 Å². The summed E-state index contributed by atoms with van der Waals surface area (Å²) in [6, 6.07) is 10.0. The van der Waals surface area contributed by atoms with Crippen molar-refractivity contribution in [2.45, 2.75) is 26.3 Å². The van der Waals surface area contributed by atoms with E-state index in [1.54, 1.807) is 6.92 Å². The molecule has 3 nitrogen and oxygen atoms in total. The highest BCUT2D eigenvalue weighted by molar-refractivity contribution is 6.06. The van der Waals surface area contributed by atoms with Gasteiger partial charge < -0.3 is 4.57 Å². The van der Waals surface area contributed by atoms with Crippen LogP contribution in [0.1, 0.15) is 30.1 Å². The predicted molar refractivity (Wildman–Crippen MR) is 66.8 cm³/mol. The van der Waals surface area contributed by atoms with E-state index in [1.807, 2.05) is 30.5 Å². The van der Waals surface area contributed by atoms with Gasteiger partial charge in [0.1, 0.15) is 0 Å². The van der Waals surface area contributed by atoms with Crippen molar-refractivity contribution < 1.29 is 4.79 Å². The van der Waals surface area contributed by atoms with Gasteiger partial charge in [-0.15, -0.1) is 0 Å². The first-order valence-corrected chi connectivity index (χ1v) is 5.70. The number of nitrogens with zero attached hydrogens (tertiary/aromatic N) is 2. The van der Waals surface area contributed by atoms with Crippen LogP contribution in [-0.2, 0) is 6.54 Å². The first-order valence-electron chi connectivity index (χ1n) is 5.70. The maximum Gasteiger partial charge on any atom is 0.161 e. The zero-order valence-electron chi connectivity index (χ0n) is 9.81. The van der Waals surface area contributed by atoms with E-state index in [2.05, 4.69) is 10.6 Å². The molecule has 0 aliphatic carbocycles. The van der Waals surface area contributed by atoms with Gasteiger partial charge in [-0.1, -0.05) is 18.2 Å². The van der Waals surface area contributed by atoms with E-state index in [4.69, 9.17) is 5.26 Å². The Bertz CT molecular complexity index is 590. The Labute approximate surface area is 100 Å². The molecule has 2 aromatic rings. The number of para-hydroxylation sites is 1. The molecule has 0 atom stereocenters. The summed E-state index contributed by atoms with van der Waals surface area (Å²) in [5.41, 5.74) is 1.83. The number of Topliss-reactive ketones (excluding diaryl/α,β-unsaturated/α-hetero) is 1. The fourth-order valence-electron chi connectivity index (χ4n) is 2.04. The van der Waals surface area contributed by atoms with Crippen LogP contribution in [0.5, 0.6) is 0 Å². The second-order valence-corrected chi connectivity index (χ2v) is 4.07. The molecule has 0 aliphatic rings. The van der Waals surface area contributed by atoms with E-state index in [9.17, 15) is 4.79 Å². The highest BCUT2D eigenvalue weighted by atomic mass is 16.1. The lowest BCUT2D eigenvalue weighted by molar-refractivity contribution is 0.101. The molecule has 1 aromatic carbocycles. The largest absolute Gasteiger partial charge is 0.347 e. The average Bonchev–Trinajstić information content (AvgIpc) is 2.69. The van der Waals surface area contributed by atoms with Gasteiger partial charge in [0.25, 0.3) is 0 Å². The Morgan fingerprint density at radius 3 is 2.88 bits per heavy atom. The Hall–Kier alpha value is -2.08. The lowest BCUT2D eigenvalue weighted by Gasteiger charge is -2.02. The number of aromatic nitrogens is 1. The molecule has 1 heterocycles. The van der Waals surface area contributed by atoms with Gasteiger partial charge in [0, 0.05) is 35.6 Å². The second-order valence-electron chi connectivity index (χ2n) is 4.07. The molecule has 17 heavy (non-hydrogen) atoms.